The third kappa shape index (κ3) is 2.55. The largest absolute Gasteiger partial charge is 0.477 e. The number of hydrogen-bond donors (Lipinski definition) is 1. The zero-order valence-electron chi connectivity index (χ0n) is 8.95. The molecule has 0 saturated carbocycles. The van der Waals surface area contributed by atoms with E-state index in [-0.39, 0.29) is 5.69 Å². The Morgan fingerprint density at radius 3 is 2.71 bits per heavy atom. The quantitative estimate of drug-likeness (QED) is 0.771. The highest BCUT2D eigenvalue weighted by Gasteiger charge is 2.13. The van der Waals surface area contributed by atoms with Gasteiger partial charge in [0.25, 0.3) is 0 Å². The molecule has 0 saturated heterocycles. The topological polar surface area (TPSA) is 42.2 Å². The number of carbonyl (C=O) groups is 1. The van der Waals surface area contributed by atoms with Crippen molar-refractivity contribution in [2.45, 2.75) is 6.92 Å². The summed E-state index contributed by atoms with van der Waals surface area (Å²) in [6, 6.07) is 7.41. The predicted molar refractivity (Wildman–Crippen MR) is 77.9 cm³/mol. The molecule has 2 rings (SSSR count). The fraction of sp³-hybridized carbons (Fsp3) is 0.0833. The zero-order valence-corrected chi connectivity index (χ0v) is 12.7. The van der Waals surface area contributed by atoms with Crippen molar-refractivity contribution >= 4 is 44.5 Å². The van der Waals surface area contributed by atoms with Gasteiger partial charge in [-0.15, -0.1) is 0 Å². The smallest absolute Gasteiger partial charge is 0.352 e. The normalized spacial score (nSPS) is 10.5. The van der Waals surface area contributed by atoms with Crippen LogP contribution in [0.2, 0.25) is 0 Å². The molecule has 0 aliphatic rings. The standard InChI is InChI=1S/C12H9BrINO2/c1-7-4-9(2-3-10(7)13)15-6-8(14)5-11(15)12(16)17/h2-6H,1H3,(H,16,17). The molecule has 0 atom stereocenters. The van der Waals surface area contributed by atoms with Crippen LogP contribution in [-0.2, 0) is 0 Å². The van der Waals surface area contributed by atoms with Crippen molar-refractivity contribution in [1.82, 2.24) is 4.57 Å². The fourth-order valence-electron chi connectivity index (χ4n) is 1.59. The van der Waals surface area contributed by atoms with E-state index in [4.69, 9.17) is 5.11 Å². The molecule has 0 aliphatic carbocycles. The van der Waals surface area contributed by atoms with Gasteiger partial charge in [0.05, 0.1) is 0 Å². The first-order chi connectivity index (χ1) is 7.99. The maximum atomic E-state index is 11.1. The second-order valence-electron chi connectivity index (χ2n) is 3.65. The summed E-state index contributed by atoms with van der Waals surface area (Å²) in [5.74, 6) is -0.923. The van der Waals surface area contributed by atoms with Crippen LogP contribution in [0.4, 0.5) is 0 Å². The van der Waals surface area contributed by atoms with E-state index in [2.05, 4.69) is 38.5 Å². The average Bonchev–Trinajstić information content (AvgIpc) is 2.64. The van der Waals surface area contributed by atoms with Crippen LogP contribution in [0, 0.1) is 10.5 Å². The molecule has 1 N–H and O–H groups in total. The van der Waals surface area contributed by atoms with E-state index in [1.165, 1.54) is 0 Å². The van der Waals surface area contributed by atoms with E-state index >= 15 is 0 Å². The van der Waals surface area contributed by atoms with Crippen LogP contribution in [0.1, 0.15) is 16.1 Å². The van der Waals surface area contributed by atoms with E-state index in [0.29, 0.717) is 0 Å². The summed E-state index contributed by atoms with van der Waals surface area (Å²) in [5.41, 5.74) is 2.20. The number of benzene rings is 1. The summed E-state index contributed by atoms with van der Waals surface area (Å²) in [4.78, 5) is 11.1. The molecule has 0 amide bonds. The van der Waals surface area contributed by atoms with Crippen molar-refractivity contribution in [2.24, 2.45) is 0 Å². The number of nitrogens with zero attached hydrogens (tertiary/aromatic N) is 1. The third-order valence-corrected chi connectivity index (χ3v) is 3.91. The molecule has 5 heteroatoms. The van der Waals surface area contributed by atoms with Gasteiger partial charge in [0.15, 0.2) is 0 Å². The van der Waals surface area contributed by atoms with Crippen LogP contribution in [0.3, 0.4) is 0 Å². The second-order valence-corrected chi connectivity index (χ2v) is 5.75. The molecule has 0 aliphatic heterocycles. The Morgan fingerprint density at radius 2 is 2.12 bits per heavy atom. The van der Waals surface area contributed by atoms with Gasteiger partial charge in [-0.25, -0.2) is 4.79 Å². The van der Waals surface area contributed by atoms with Crippen LogP contribution in [-0.4, -0.2) is 15.6 Å². The maximum Gasteiger partial charge on any atom is 0.352 e. The van der Waals surface area contributed by atoms with Crippen LogP contribution in [0.15, 0.2) is 34.9 Å². The Balaban J connectivity index is 2.59. The lowest BCUT2D eigenvalue weighted by atomic mass is 10.2. The highest BCUT2D eigenvalue weighted by molar-refractivity contribution is 14.1. The van der Waals surface area contributed by atoms with E-state index in [1.807, 2.05) is 31.3 Å². The lowest BCUT2D eigenvalue weighted by Crippen LogP contribution is -2.05. The first-order valence-electron chi connectivity index (χ1n) is 4.87. The van der Waals surface area contributed by atoms with Gasteiger partial charge in [-0.2, -0.15) is 0 Å². The predicted octanol–water partition coefficient (Wildman–Crippen LogP) is 3.85. The molecule has 1 heterocycles. The summed E-state index contributed by atoms with van der Waals surface area (Å²) in [6.45, 7) is 1.97. The van der Waals surface area contributed by atoms with Gasteiger partial charge in [0.2, 0.25) is 0 Å². The van der Waals surface area contributed by atoms with Crippen LogP contribution >= 0.6 is 38.5 Å². The lowest BCUT2D eigenvalue weighted by Gasteiger charge is -2.08. The highest BCUT2D eigenvalue weighted by Crippen LogP contribution is 2.22. The van der Waals surface area contributed by atoms with Gasteiger partial charge in [0, 0.05) is 19.9 Å². The number of halogens is 2. The molecule has 2 aromatic rings. The molecular formula is C12H9BrINO2. The van der Waals surface area contributed by atoms with Crippen LogP contribution in [0.5, 0.6) is 0 Å². The molecular weight excluding hydrogens is 397 g/mol. The minimum atomic E-state index is -0.923. The van der Waals surface area contributed by atoms with Gasteiger partial charge in [-0.3, -0.25) is 0 Å². The van der Waals surface area contributed by atoms with Crippen molar-refractivity contribution in [3.8, 4) is 5.69 Å². The summed E-state index contributed by atoms with van der Waals surface area (Å²) in [7, 11) is 0. The first kappa shape index (κ1) is 12.6. The second kappa shape index (κ2) is 4.81. The molecule has 1 aromatic carbocycles. The summed E-state index contributed by atoms with van der Waals surface area (Å²) < 4.78 is 3.60. The molecule has 3 nitrogen and oxygen atoms in total. The Hall–Kier alpha value is -0.820. The molecule has 0 radical (unpaired) electrons. The Bertz CT molecular complexity index is 592. The SMILES string of the molecule is Cc1cc(-n2cc(I)cc2C(=O)O)ccc1Br. The van der Waals surface area contributed by atoms with Gasteiger partial charge in [-0.05, 0) is 59.3 Å². The van der Waals surface area contributed by atoms with Crippen molar-refractivity contribution in [2.75, 3.05) is 0 Å². The van der Waals surface area contributed by atoms with Crippen LogP contribution < -0.4 is 0 Å². The number of aryl methyl sites for hydroxylation is 1. The fourth-order valence-corrected chi connectivity index (χ4v) is 2.41. The number of carboxylic acid groups (broad SMARTS) is 1. The minimum Gasteiger partial charge on any atom is -0.477 e. The molecule has 17 heavy (non-hydrogen) atoms. The number of rotatable bonds is 2. The summed E-state index contributed by atoms with van der Waals surface area (Å²) in [5, 5.41) is 9.13. The van der Waals surface area contributed by atoms with E-state index in [9.17, 15) is 4.79 Å². The van der Waals surface area contributed by atoms with Gasteiger partial charge in [-0.1, -0.05) is 15.9 Å². The van der Waals surface area contributed by atoms with Crippen molar-refractivity contribution in [3.63, 3.8) is 0 Å². The molecule has 1 aromatic heterocycles. The zero-order chi connectivity index (χ0) is 12.6. The number of aromatic nitrogens is 1. The minimum absolute atomic E-state index is 0.274. The number of carboxylic acids is 1. The molecule has 0 spiro atoms. The summed E-state index contributed by atoms with van der Waals surface area (Å²) in [6.07, 6.45) is 1.81. The van der Waals surface area contributed by atoms with Crippen molar-refractivity contribution in [1.29, 1.82) is 0 Å². The molecule has 0 bridgehead atoms. The molecule has 0 fully saturated rings. The Kier molecular flexibility index (Phi) is 3.58. The molecule has 88 valence electrons. The monoisotopic (exact) mass is 405 g/mol. The first-order valence-corrected chi connectivity index (χ1v) is 6.74. The number of hydrogen-bond acceptors (Lipinski definition) is 1. The number of aromatic carboxylic acids is 1. The Morgan fingerprint density at radius 1 is 1.41 bits per heavy atom. The van der Waals surface area contributed by atoms with Crippen molar-refractivity contribution in [3.05, 3.63) is 49.8 Å². The van der Waals surface area contributed by atoms with E-state index in [0.717, 1.165) is 19.3 Å². The Labute approximate surface area is 121 Å². The maximum absolute atomic E-state index is 11.1. The van der Waals surface area contributed by atoms with Gasteiger partial charge in [0.1, 0.15) is 5.69 Å². The van der Waals surface area contributed by atoms with Crippen LogP contribution in [0.25, 0.3) is 5.69 Å². The van der Waals surface area contributed by atoms with Crippen molar-refractivity contribution < 1.29 is 9.90 Å². The van der Waals surface area contributed by atoms with Gasteiger partial charge >= 0.3 is 5.97 Å². The van der Waals surface area contributed by atoms with E-state index < -0.39 is 5.97 Å². The third-order valence-electron chi connectivity index (χ3n) is 2.43. The summed E-state index contributed by atoms with van der Waals surface area (Å²) >= 11 is 5.54. The highest BCUT2D eigenvalue weighted by atomic mass is 127. The average molecular weight is 406 g/mol. The van der Waals surface area contributed by atoms with E-state index in [1.54, 1.807) is 10.6 Å². The molecule has 0 unspecified atom stereocenters. The lowest BCUT2D eigenvalue weighted by molar-refractivity contribution is 0.0688. The van der Waals surface area contributed by atoms with Gasteiger partial charge < -0.3 is 9.67 Å².